The van der Waals surface area contributed by atoms with Crippen LogP contribution in [0.2, 0.25) is 0 Å². The molecule has 1 atom stereocenters. The Kier molecular flexibility index (Phi) is 3.78. The fraction of sp³-hybridized carbons (Fsp3) is 0.538. The van der Waals surface area contributed by atoms with Crippen LogP contribution in [0.3, 0.4) is 0 Å². The second kappa shape index (κ2) is 5.30. The van der Waals surface area contributed by atoms with Gasteiger partial charge >= 0.3 is 0 Å². The Hall–Kier alpha value is -1.09. The van der Waals surface area contributed by atoms with Gasteiger partial charge in [0.2, 0.25) is 0 Å². The molecule has 0 bridgehead atoms. The first-order chi connectivity index (χ1) is 7.75. The molecule has 1 heterocycles. The number of halogens is 1. The summed E-state index contributed by atoms with van der Waals surface area (Å²) in [6.07, 6.45) is 3.05. The van der Waals surface area contributed by atoms with Gasteiger partial charge in [0.15, 0.2) is 0 Å². The van der Waals surface area contributed by atoms with Crippen LogP contribution in [0.5, 0.6) is 0 Å². The van der Waals surface area contributed by atoms with E-state index in [0.717, 1.165) is 38.0 Å². The van der Waals surface area contributed by atoms with Crippen LogP contribution in [0, 0.1) is 12.7 Å². The summed E-state index contributed by atoms with van der Waals surface area (Å²) in [5.41, 5.74) is 1.70. The summed E-state index contributed by atoms with van der Waals surface area (Å²) >= 11 is 0. The normalized spacial score (nSPS) is 21.5. The van der Waals surface area contributed by atoms with Gasteiger partial charge in [-0.2, -0.15) is 0 Å². The van der Waals surface area contributed by atoms with Gasteiger partial charge in [-0.15, -0.1) is 0 Å². The van der Waals surface area contributed by atoms with Gasteiger partial charge in [-0.3, -0.25) is 0 Å². The zero-order chi connectivity index (χ0) is 11.4. The minimum atomic E-state index is -0.171. The topological polar surface area (TPSA) is 21.3 Å². The summed E-state index contributed by atoms with van der Waals surface area (Å²) in [4.78, 5) is 0. The van der Waals surface area contributed by atoms with E-state index in [-0.39, 0.29) is 5.82 Å². The maximum absolute atomic E-state index is 13.5. The van der Waals surface area contributed by atoms with Crippen molar-refractivity contribution in [2.45, 2.75) is 32.2 Å². The highest BCUT2D eigenvalue weighted by molar-refractivity contribution is 5.47. The van der Waals surface area contributed by atoms with Crippen molar-refractivity contribution < 1.29 is 9.13 Å². The SMILES string of the molecule is Cc1ccc(F)c(NC2CCCOCC2)c1. The predicted molar refractivity (Wildman–Crippen MR) is 63.2 cm³/mol. The second-order valence-electron chi connectivity index (χ2n) is 4.37. The third-order valence-electron chi connectivity index (χ3n) is 2.93. The molecular weight excluding hydrogens is 205 g/mol. The number of hydrogen-bond donors (Lipinski definition) is 1. The lowest BCUT2D eigenvalue weighted by Crippen LogP contribution is -2.20. The minimum Gasteiger partial charge on any atom is -0.381 e. The first-order valence-corrected chi connectivity index (χ1v) is 5.86. The minimum absolute atomic E-state index is 0.171. The van der Waals surface area contributed by atoms with E-state index in [9.17, 15) is 4.39 Å². The van der Waals surface area contributed by atoms with Gasteiger partial charge in [-0.25, -0.2) is 4.39 Å². The van der Waals surface area contributed by atoms with E-state index < -0.39 is 0 Å². The highest BCUT2D eigenvalue weighted by Crippen LogP contribution is 2.20. The van der Waals surface area contributed by atoms with Crippen molar-refractivity contribution in [3.8, 4) is 0 Å². The lowest BCUT2D eigenvalue weighted by Gasteiger charge is -2.17. The number of ether oxygens (including phenoxy) is 1. The molecule has 1 N–H and O–H groups in total. The smallest absolute Gasteiger partial charge is 0.146 e. The molecule has 0 saturated carbocycles. The molecule has 1 aromatic carbocycles. The third kappa shape index (κ3) is 2.95. The highest BCUT2D eigenvalue weighted by atomic mass is 19.1. The Balaban J connectivity index is 2.04. The molecule has 2 nitrogen and oxygen atoms in total. The Bertz CT molecular complexity index is 346. The van der Waals surface area contributed by atoms with Crippen molar-refractivity contribution in [3.63, 3.8) is 0 Å². The molecule has 2 rings (SSSR count). The third-order valence-corrected chi connectivity index (χ3v) is 2.93. The summed E-state index contributed by atoms with van der Waals surface area (Å²) in [6, 6.07) is 5.50. The molecular formula is C13H18FNO. The van der Waals surface area contributed by atoms with E-state index in [1.807, 2.05) is 13.0 Å². The van der Waals surface area contributed by atoms with Crippen LogP contribution in [0.15, 0.2) is 18.2 Å². The largest absolute Gasteiger partial charge is 0.381 e. The van der Waals surface area contributed by atoms with Crippen LogP contribution in [-0.4, -0.2) is 19.3 Å². The van der Waals surface area contributed by atoms with Crippen molar-refractivity contribution in [2.24, 2.45) is 0 Å². The monoisotopic (exact) mass is 223 g/mol. The Morgan fingerprint density at radius 2 is 2.19 bits per heavy atom. The van der Waals surface area contributed by atoms with E-state index in [0.29, 0.717) is 11.7 Å². The van der Waals surface area contributed by atoms with E-state index in [4.69, 9.17) is 4.74 Å². The quantitative estimate of drug-likeness (QED) is 0.831. The number of anilines is 1. The number of benzene rings is 1. The van der Waals surface area contributed by atoms with Crippen LogP contribution >= 0.6 is 0 Å². The van der Waals surface area contributed by atoms with Gasteiger partial charge < -0.3 is 10.1 Å². The molecule has 0 spiro atoms. The van der Waals surface area contributed by atoms with Crippen LogP contribution in [0.1, 0.15) is 24.8 Å². The molecule has 1 aliphatic heterocycles. The Morgan fingerprint density at radius 3 is 3.06 bits per heavy atom. The Morgan fingerprint density at radius 1 is 1.31 bits per heavy atom. The van der Waals surface area contributed by atoms with Crippen molar-refractivity contribution in [2.75, 3.05) is 18.5 Å². The first kappa shape index (κ1) is 11.4. The molecule has 3 heteroatoms. The highest BCUT2D eigenvalue weighted by Gasteiger charge is 2.13. The van der Waals surface area contributed by atoms with E-state index in [2.05, 4.69) is 5.32 Å². The van der Waals surface area contributed by atoms with Gasteiger partial charge in [0.25, 0.3) is 0 Å². The number of nitrogens with one attached hydrogen (secondary N) is 1. The van der Waals surface area contributed by atoms with Gasteiger partial charge in [0.05, 0.1) is 5.69 Å². The number of hydrogen-bond acceptors (Lipinski definition) is 2. The van der Waals surface area contributed by atoms with Crippen molar-refractivity contribution in [3.05, 3.63) is 29.6 Å². The molecule has 0 radical (unpaired) electrons. The molecule has 1 unspecified atom stereocenters. The molecule has 16 heavy (non-hydrogen) atoms. The fourth-order valence-electron chi connectivity index (χ4n) is 2.02. The lowest BCUT2D eigenvalue weighted by atomic mass is 10.1. The van der Waals surface area contributed by atoms with Crippen molar-refractivity contribution in [1.29, 1.82) is 0 Å². The van der Waals surface area contributed by atoms with E-state index in [1.165, 1.54) is 6.07 Å². The van der Waals surface area contributed by atoms with Gasteiger partial charge in [-0.1, -0.05) is 6.07 Å². The standard InChI is InChI=1S/C13H18FNO/c1-10-4-5-12(14)13(9-10)15-11-3-2-7-16-8-6-11/h4-5,9,11,15H,2-3,6-8H2,1H3. The fourth-order valence-corrected chi connectivity index (χ4v) is 2.02. The van der Waals surface area contributed by atoms with Gasteiger partial charge in [-0.05, 0) is 43.9 Å². The summed E-state index contributed by atoms with van der Waals surface area (Å²) in [5.74, 6) is -0.171. The average Bonchev–Trinajstić information content (AvgIpc) is 2.52. The summed E-state index contributed by atoms with van der Waals surface area (Å²) in [5, 5.41) is 3.27. The summed E-state index contributed by atoms with van der Waals surface area (Å²) < 4.78 is 18.9. The van der Waals surface area contributed by atoms with Gasteiger partial charge in [0, 0.05) is 19.3 Å². The molecule has 0 aromatic heterocycles. The van der Waals surface area contributed by atoms with E-state index in [1.54, 1.807) is 6.07 Å². The molecule has 1 aromatic rings. The summed E-state index contributed by atoms with van der Waals surface area (Å²) in [6.45, 7) is 3.57. The van der Waals surface area contributed by atoms with Crippen LogP contribution < -0.4 is 5.32 Å². The van der Waals surface area contributed by atoms with E-state index >= 15 is 0 Å². The van der Waals surface area contributed by atoms with Crippen LogP contribution in [0.4, 0.5) is 10.1 Å². The van der Waals surface area contributed by atoms with Crippen LogP contribution in [0.25, 0.3) is 0 Å². The second-order valence-corrected chi connectivity index (χ2v) is 4.37. The van der Waals surface area contributed by atoms with Crippen molar-refractivity contribution >= 4 is 5.69 Å². The zero-order valence-corrected chi connectivity index (χ0v) is 9.63. The van der Waals surface area contributed by atoms with Crippen LogP contribution in [-0.2, 0) is 4.74 Å². The maximum Gasteiger partial charge on any atom is 0.146 e. The number of rotatable bonds is 2. The molecule has 1 fully saturated rings. The van der Waals surface area contributed by atoms with Gasteiger partial charge in [0.1, 0.15) is 5.82 Å². The summed E-state index contributed by atoms with van der Waals surface area (Å²) in [7, 11) is 0. The van der Waals surface area contributed by atoms with Crippen molar-refractivity contribution in [1.82, 2.24) is 0 Å². The molecule has 88 valence electrons. The molecule has 0 aliphatic carbocycles. The molecule has 0 amide bonds. The number of aryl methyl sites for hydroxylation is 1. The zero-order valence-electron chi connectivity index (χ0n) is 9.63. The molecule has 1 aliphatic rings. The maximum atomic E-state index is 13.5. The Labute approximate surface area is 95.8 Å². The average molecular weight is 223 g/mol. The predicted octanol–water partition coefficient (Wildman–Crippen LogP) is 3.12. The first-order valence-electron chi connectivity index (χ1n) is 5.86. The lowest BCUT2D eigenvalue weighted by molar-refractivity contribution is 0.144. The molecule has 1 saturated heterocycles.